The Morgan fingerprint density at radius 2 is 1.87 bits per heavy atom. The van der Waals surface area contributed by atoms with E-state index in [0.717, 1.165) is 16.0 Å². The van der Waals surface area contributed by atoms with Crippen molar-refractivity contribution < 1.29 is 4.79 Å². The molecule has 0 radical (unpaired) electrons. The van der Waals surface area contributed by atoms with Gasteiger partial charge in [-0.15, -0.1) is 11.8 Å². The fourth-order valence-electron chi connectivity index (χ4n) is 2.99. The number of carbonyl (C=O) groups excluding carboxylic acids is 1. The lowest BCUT2D eigenvalue weighted by Gasteiger charge is -2.22. The smallest absolute Gasteiger partial charge is 0.276 e. The molecule has 2 aromatic rings. The first-order valence-electron chi connectivity index (χ1n) is 9.70. The van der Waals surface area contributed by atoms with E-state index < -0.39 is 0 Å². The second-order valence-electron chi connectivity index (χ2n) is 7.15. The Morgan fingerprint density at radius 1 is 1.19 bits per heavy atom. The molecule has 0 spiro atoms. The number of carbonyl (C=O) groups is 1. The third-order valence-corrected chi connectivity index (χ3v) is 6.15. The molecule has 7 heteroatoms. The van der Waals surface area contributed by atoms with E-state index in [-0.39, 0.29) is 17.5 Å². The zero-order valence-electron chi connectivity index (χ0n) is 17.1. The Morgan fingerprint density at radius 3 is 2.48 bits per heavy atom. The lowest BCUT2D eigenvalue weighted by Crippen LogP contribution is -2.32. The molecule has 1 atom stereocenters. The van der Waals surface area contributed by atoms with E-state index in [1.54, 1.807) is 28.5 Å². The van der Waals surface area contributed by atoms with Crippen molar-refractivity contribution in [1.29, 1.82) is 0 Å². The Hall–Kier alpha value is -2.47. The molecule has 1 amide bonds. The van der Waals surface area contributed by atoms with Crippen molar-refractivity contribution in [3.05, 3.63) is 104 Å². The van der Waals surface area contributed by atoms with Gasteiger partial charge in [-0.25, -0.2) is 4.99 Å². The Kier molecular flexibility index (Phi) is 8.02. The van der Waals surface area contributed by atoms with Gasteiger partial charge in [-0.3, -0.25) is 9.69 Å². The van der Waals surface area contributed by atoms with Gasteiger partial charge in [0, 0.05) is 34.0 Å². The standard InChI is InChI=1S/C24H23Cl2N3OS/c1-16-11-23(28-13-16)29(14-18-7-4-3-5-8-18)24(30)22(27)15-31-17(2)12-19-20(25)9-6-10-21(19)26/h3-11,13,15-16H,2,12,14,27H2,1H3/b22-15-. The highest BCUT2D eigenvalue weighted by Crippen LogP contribution is 2.30. The fraction of sp³-hybridized carbons (Fsp3) is 0.167. The molecule has 3 rings (SSSR count). The monoisotopic (exact) mass is 471 g/mol. The molecule has 0 aliphatic carbocycles. The minimum Gasteiger partial charge on any atom is -0.394 e. The molecule has 1 aliphatic heterocycles. The third-order valence-electron chi connectivity index (χ3n) is 4.59. The summed E-state index contributed by atoms with van der Waals surface area (Å²) in [5, 5.41) is 2.77. The maximum Gasteiger partial charge on any atom is 0.276 e. The number of hydrogen-bond donors (Lipinski definition) is 1. The van der Waals surface area contributed by atoms with Crippen LogP contribution < -0.4 is 5.73 Å². The molecule has 4 nitrogen and oxygen atoms in total. The van der Waals surface area contributed by atoms with Crippen LogP contribution in [0.2, 0.25) is 10.0 Å². The van der Waals surface area contributed by atoms with Crippen LogP contribution in [0.3, 0.4) is 0 Å². The van der Waals surface area contributed by atoms with Crippen molar-refractivity contribution in [2.45, 2.75) is 19.9 Å². The van der Waals surface area contributed by atoms with Crippen LogP contribution in [0.1, 0.15) is 18.1 Å². The normalized spacial score (nSPS) is 15.6. The Balaban J connectivity index is 1.72. The maximum absolute atomic E-state index is 13.2. The van der Waals surface area contributed by atoms with E-state index in [4.69, 9.17) is 28.9 Å². The van der Waals surface area contributed by atoms with E-state index in [1.165, 1.54) is 11.8 Å². The van der Waals surface area contributed by atoms with Crippen molar-refractivity contribution in [1.82, 2.24) is 4.90 Å². The molecule has 0 fully saturated rings. The summed E-state index contributed by atoms with van der Waals surface area (Å²) >= 11 is 13.8. The lowest BCUT2D eigenvalue weighted by molar-refractivity contribution is -0.125. The molecule has 0 saturated heterocycles. The van der Waals surface area contributed by atoms with Crippen molar-refractivity contribution in [3.63, 3.8) is 0 Å². The number of hydrogen-bond acceptors (Lipinski definition) is 4. The zero-order valence-corrected chi connectivity index (χ0v) is 19.4. The minimum atomic E-state index is -0.308. The fourth-order valence-corrected chi connectivity index (χ4v) is 4.14. The van der Waals surface area contributed by atoms with Gasteiger partial charge in [0.2, 0.25) is 0 Å². The molecule has 31 heavy (non-hydrogen) atoms. The maximum atomic E-state index is 13.2. The number of aliphatic imine (C=N–C) groups is 1. The summed E-state index contributed by atoms with van der Waals surface area (Å²) in [6.45, 7) is 6.44. The molecular formula is C24H23Cl2N3OS. The van der Waals surface area contributed by atoms with Crippen LogP contribution in [-0.2, 0) is 17.8 Å². The minimum absolute atomic E-state index is 0.114. The van der Waals surface area contributed by atoms with Crippen LogP contribution >= 0.6 is 35.0 Å². The van der Waals surface area contributed by atoms with Crippen LogP contribution in [0.15, 0.2) is 88.0 Å². The van der Waals surface area contributed by atoms with Crippen molar-refractivity contribution in [3.8, 4) is 0 Å². The van der Waals surface area contributed by atoms with Crippen molar-refractivity contribution >= 4 is 47.1 Å². The number of allylic oxidation sites excluding steroid dienone is 2. The zero-order chi connectivity index (χ0) is 22.4. The SMILES string of the molecule is C=C(Cc1c(Cl)cccc1Cl)S/C=C(\N)C(=O)N(Cc1ccccc1)C1=CC(C)C=N1. The van der Waals surface area contributed by atoms with E-state index in [0.29, 0.717) is 28.8 Å². The van der Waals surface area contributed by atoms with Crippen LogP contribution in [0, 0.1) is 5.92 Å². The second-order valence-corrected chi connectivity index (χ2v) is 9.01. The summed E-state index contributed by atoms with van der Waals surface area (Å²) in [6.07, 6.45) is 4.23. The summed E-state index contributed by atoms with van der Waals surface area (Å²) in [6, 6.07) is 15.1. The van der Waals surface area contributed by atoms with Gasteiger partial charge in [-0.2, -0.15) is 0 Å². The summed E-state index contributed by atoms with van der Waals surface area (Å²) in [5.74, 6) is 0.461. The lowest BCUT2D eigenvalue weighted by atomic mass is 10.1. The summed E-state index contributed by atoms with van der Waals surface area (Å²) in [4.78, 5) is 19.9. The van der Waals surface area contributed by atoms with E-state index in [2.05, 4.69) is 11.6 Å². The highest BCUT2D eigenvalue weighted by atomic mass is 35.5. The quantitative estimate of drug-likeness (QED) is 0.467. The first-order valence-corrected chi connectivity index (χ1v) is 11.3. The Bertz CT molecular complexity index is 1040. The number of rotatable bonds is 8. The Labute approximate surface area is 197 Å². The predicted octanol–water partition coefficient (Wildman–Crippen LogP) is 6.17. The number of nitrogens with two attached hydrogens (primary N) is 1. The van der Waals surface area contributed by atoms with Crippen LogP contribution in [-0.4, -0.2) is 17.0 Å². The van der Waals surface area contributed by atoms with Crippen LogP contribution in [0.4, 0.5) is 0 Å². The topological polar surface area (TPSA) is 58.7 Å². The molecule has 0 aromatic heterocycles. The predicted molar refractivity (Wildman–Crippen MR) is 132 cm³/mol. The first-order chi connectivity index (χ1) is 14.8. The van der Waals surface area contributed by atoms with Gasteiger partial charge in [0.1, 0.15) is 11.5 Å². The van der Waals surface area contributed by atoms with Gasteiger partial charge >= 0.3 is 0 Å². The largest absolute Gasteiger partial charge is 0.394 e. The van der Waals surface area contributed by atoms with E-state index >= 15 is 0 Å². The summed E-state index contributed by atoms with van der Waals surface area (Å²) in [5.41, 5.74) is 8.05. The van der Waals surface area contributed by atoms with Crippen molar-refractivity contribution in [2.24, 2.45) is 16.6 Å². The number of halogens is 2. The van der Waals surface area contributed by atoms with Gasteiger partial charge in [0.25, 0.3) is 5.91 Å². The third kappa shape index (κ3) is 6.26. The number of nitrogens with zero attached hydrogens (tertiary/aromatic N) is 2. The first kappa shape index (κ1) is 23.2. The molecule has 2 aromatic carbocycles. The molecule has 0 bridgehead atoms. The summed E-state index contributed by atoms with van der Waals surface area (Å²) in [7, 11) is 0. The van der Waals surface area contributed by atoms with Gasteiger partial charge in [0.15, 0.2) is 0 Å². The highest BCUT2D eigenvalue weighted by molar-refractivity contribution is 8.05. The van der Waals surface area contributed by atoms with E-state index in [9.17, 15) is 4.79 Å². The highest BCUT2D eigenvalue weighted by Gasteiger charge is 2.23. The van der Waals surface area contributed by atoms with Crippen molar-refractivity contribution in [2.75, 3.05) is 0 Å². The van der Waals surface area contributed by atoms with E-state index in [1.807, 2.05) is 49.5 Å². The van der Waals surface area contributed by atoms with Gasteiger partial charge in [-0.1, -0.05) is 73.1 Å². The molecule has 1 heterocycles. The molecule has 1 aliphatic rings. The molecule has 0 saturated carbocycles. The average molecular weight is 472 g/mol. The van der Waals surface area contributed by atoms with Crippen LogP contribution in [0.25, 0.3) is 0 Å². The number of benzene rings is 2. The molecular weight excluding hydrogens is 449 g/mol. The van der Waals surface area contributed by atoms with Gasteiger partial charge < -0.3 is 5.73 Å². The average Bonchev–Trinajstić information content (AvgIpc) is 3.19. The van der Waals surface area contributed by atoms with Gasteiger partial charge in [-0.05, 0) is 34.2 Å². The summed E-state index contributed by atoms with van der Waals surface area (Å²) < 4.78 is 0. The second kappa shape index (κ2) is 10.7. The number of thioether (sulfide) groups is 1. The molecule has 2 N–H and O–H groups in total. The van der Waals surface area contributed by atoms with Gasteiger partial charge in [0.05, 0.1) is 6.54 Å². The molecule has 1 unspecified atom stereocenters. The number of amides is 1. The van der Waals surface area contributed by atoms with Crippen LogP contribution in [0.5, 0.6) is 0 Å². The molecule has 160 valence electrons.